The number of fused-ring (bicyclic) bond motifs is 1. The van der Waals surface area contributed by atoms with Crippen molar-refractivity contribution in [1.29, 1.82) is 0 Å². The van der Waals surface area contributed by atoms with Crippen molar-refractivity contribution in [2.75, 3.05) is 0 Å². The van der Waals surface area contributed by atoms with Crippen LogP contribution in [0.25, 0.3) is 6.08 Å². The Labute approximate surface area is 236 Å². The number of ketones is 1. The molecule has 0 saturated carbocycles. The molecular weight excluding hydrogens is 608 g/mol. The highest BCUT2D eigenvalue weighted by Gasteiger charge is 2.53. The third kappa shape index (κ3) is 6.75. The van der Waals surface area contributed by atoms with Gasteiger partial charge in [-0.05, 0) is 38.2 Å². The second kappa shape index (κ2) is 11.6. The van der Waals surface area contributed by atoms with Gasteiger partial charge in [0, 0.05) is 50.3 Å². The number of aliphatic hydroxyl groups is 2. The second-order valence-electron chi connectivity index (χ2n) is 11.7. The van der Waals surface area contributed by atoms with Gasteiger partial charge in [0.15, 0.2) is 0 Å². The number of hydrogen-bond donors (Lipinski definition) is 3. The Kier molecular flexibility index (Phi) is 9.54. The third-order valence-corrected chi connectivity index (χ3v) is 10.4. The molecule has 0 radical (unpaired) electrons. The molecule has 8 nitrogen and oxygen atoms in total. The van der Waals surface area contributed by atoms with E-state index in [-0.39, 0.29) is 29.8 Å². The monoisotopic (exact) mass is 647 g/mol. The van der Waals surface area contributed by atoms with Crippen LogP contribution in [0.15, 0.2) is 14.8 Å². The van der Waals surface area contributed by atoms with Crippen LogP contribution in [0.3, 0.4) is 0 Å². The standard InChI is InChI=1S/C27H40Br2N2O6/c1-14-9-8-10-27(6)19(37-27)12-17(15(2)11-20-30-24(28)25(29)31(20)7)36-21(33)13-18(32)26(4,5)23(35)16(3)22(14)34/h11,14,16-19,22,32,34H,8-10,12-13H2,1-7H3/p+1/t14-,16+,17-,18-,19-,22-,27+/m0/s1. The van der Waals surface area contributed by atoms with Gasteiger partial charge in [0.25, 0.3) is 5.82 Å². The lowest BCUT2D eigenvalue weighted by Crippen LogP contribution is -2.45. The molecule has 3 N–H and O–H groups in total. The minimum absolute atomic E-state index is 0.0699. The number of rotatable bonds is 2. The van der Waals surface area contributed by atoms with Crippen molar-refractivity contribution in [1.82, 2.24) is 4.98 Å². The molecule has 2 aliphatic rings. The van der Waals surface area contributed by atoms with E-state index in [0.29, 0.717) is 6.42 Å². The molecule has 0 spiro atoms. The Hall–Kier alpha value is -1.07. The highest BCUT2D eigenvalue weighted by atomic mass is 79.9. The van der Waals surface area contributed by atoms with E-state index in [0.717, 1.165) is 39.9 Å². The van der Waals surface area contributed by atoms with Crippen molar-refractivity contribution < 1.29 is 33.8 Å². The molecule has 2 aliphatic heterocycles. The molecule has 10 heteroatoms. The summed E-state index contributed by atoms with van der Waals surface area (Å²) in [5, 5.41) is 21.8. The maximum absolute atomic E-state index is 13.3. The van der Waals surface area contributed by atoms with E-state index >= 15 is 0 Å². The predicted molar refractivity (Wildman–Crippen MR) is 146 cm³/mol. The maximum Gasteiger partial charge on any atom is 0.309 e. The molecule has 0 aromatic carbocycles. The first-order chi connectivity index (χ1) is 17.1. The normalized spacial score (nSPS) is 36.1. The Morgan fingerprint density at radius 2 is 1.84 bits per heavy atom. The number of H-pyrrole nitrogens is 1. The molecule has 3 rings (SSSR count). The molecule has 0 aliphatic carbocycles. The number of esters is 1. The molecule has 0 amide bonds. The Bertz CT molecular complexity index is 1050. The van der Waals surface area contributed by atoms with E-state index in [1.54, 1.807) is 20.8 Å². The molecule has 1 aromatic rings. The molecule has 3 heterocycles. The van der Waals surface area contributed by atoms with E-state index in [9.17, 15) is 19.8 Å². The summed E-state index contributed by atoms with van der Waals surface area (Å²) >= 11 is 6.99. The Morgan fingerprint density at radius 3 is 2.43 bits per heavy atom. The highest BCUT2D eigenvalue weighted by Crippen LogP contribution is 2.45. The highest BCUT2D eigenvalue weighted by molar-refractivity contribution is 9.13. The Morgan fingerprint density at radius 1 is 1.19 bits per heavy atom. The molecule has 2 saturated heterocycles. The van der Waals surface area contributed by atoms with E-state index < -0.39 is 35.6 Å². The van der Waals surface area contributed by atoms with Crippen LogP contribution in [0.4, 0.5) is 0 Å². The fourth-order valence-electron chi connectivity index (χ4n) is 5.24. The van der Waals surface area contributed by atoms with Crippen LogP contribution in [0.1, 0.15) is 79.5 Å². The minimum Gasteiger partial charge on any atom is -0.458 e. The largest absolute Gasteiger partial charge is 0.458 e. The lowest BCUT2D eigenvalue weighted by Gasteiger charge is -2.34. The van der Waals surface area contributed by atoms with E-state index in [4.69, 9.17) is 9.47 Å². The summed E-state index contributed by atoms with van der Waals surface area (Å²) < 4.78 is 15.6. The van der Waals surface area contributed by atoms with Crippen molar-refractivity contribution in [2.24, 2.45) is 24.3 Å². The van der Waals surface area contributed by atoms with Crippen molar-refractivity contribution in [3.63, 3.8) is 0 Å². The van der Waals surface area contributed by atoms with Gasteiger partial charge in [-0.15, -0.1) is 0 Å². The number of aromatic amines is 1. The molecule has 0 unspecified atom stereocenters. The van der Waals surface area contributed by atoms with Gasteiger partial charge in [-0.1, -0.05) is 34.1 Å². The summed E-state index contributed by atoms with van der Waals surface area (Å²) in [5.74, 6) is -0.779. The van der Waals surface area contributed by atoms with E-state index in [2.05, 4.69) is 43.8 Å². The second-order valence-corrected chi connectivity index (χ2v) is 13.2. The number of epoxide rings is 1. The van der Waals surface area contributed by atoms with Crippen LogP contribution < -0.4 is 4.57 Å². The zero-order valence-corrected chi connectivity index (χ0v) is 26.0. The molecule has 0 bridgehead atoms. The quantitative estimate of drug-likeness (QED) is 0.249. The zero-order chi connectivity index (χ0) is 27.9. The summed E-state index contributed by atoms with van der Waals surface area (Å²) in [4.78, 5) is 29.5. The average molecular weight is 649 g/mol. The number of imidazole rings is 1. The van der Waals surface area contributed by atoms with Crippen molar-refractivity contribution in [3.8, 4) is 0 Å². The van der Waals surface area contributed by atoms with Crippen molar-refractivity contribution >= 4 is 49.7 Å². The van der Waals surface area contributed by atoms with Gasteiger partial charge < -0.3 is 19.7 Å². The van der Waals surface area contributed by atoms with Crippen LogP contribution >= 0.6 is 31.9 Å². The number of carbonyl (C=O) groups excluding carboxylic acids is 2. The number of nitrogens with zero attached hydrogens (tertiary/aromatic N) is 1. The molecule has 37 heavy (non-hydrogen) atoms. The fraction of sp³-hybridized carbons (Fsp3) is 0.741. The van der Waals surface area contributed by atoms with Crippen LogP contribution in [0, 0.1) is 17.3 Å². The number of Topliss-reactive ketones (excluding diaryl/α,β-unsaturated/α-hetero) is 1. The predicted octanol–water partition coefficient (Wildman–Crippen LogP) is 4.39. The first-order valence-electron chi connectivity index (χ1n) is 13.0. The Balaban J connectivity index is 1.89. The van der Waals surface area contributed by atoms with Gasteiger partial charge >= 0.3 is 5.97 Å². The molecule has 208 valence electrons. The average Bonchev–Trinajstić information content (AvgIpc) is 3.40. The first kappa shape index (κ1) is 30.5. The lowest BCUT2D eigenvalue weighted by molar-refractivity contribution is -0.682. The molecular formula is C27H41Br2N2O6+. The summed E-state index contributed by atoms with van der Waals surface area (Å²) in [5.41, 5.74) is -0.705. The smallest absolute Gasteiger partial charge is 0.309 e. The number of nitrogens with one attached hydrogen (secondary N) is 1. The molecule has 2 fully saturated rings. The topological polar surface area (TPSA) is 116 Å². The summed E-state index contributed by atoms with van der Waals surface area (Å²) in [6.07, 6.45) is 1.83. The van der Waals surface area contributed by atoms with Gasteiger partial charge in [0.2, 0.25) is 9.21 Å². The fourth-order valence-corrected chi connectivity index (χ4v) is 6.00. The number of hydrogen-bond acceptors (Lipinski definition) is 6. The molecule has 7 atom stereocenters. The van der Waals surface area contributed by atoms with E-state index in [1.165, 1.54) is 0 Å². The summed E-state index contributed by atoms with van der Waals surface area (Å²) in [7, 11) is 1.91. The number of ether oxygens (including phenoxy) is 2. The number of aliphatic hydroxyl groups excluding tert-OH is 2. The third-order valence-electron chi connectivity index (χ3n) is 8.35. The van der Waals surface area contributed by atoms with Crippen molar-refractivity contribution in [2.45, 2.75) is 104 Å². The summed E-state index contributed by atoms with van der Waals surface area (Å²) in [6, 6.07) is 0. The maximum atomic E-state index is 13.3. The zero-order valence-electron chi connectivity index (χ0n) is 22.8. The number of aromatic nitrogens is 2. The van der Waals surface area contributed by atoms with Gasteiger partial charge in [0.05, 0.1) is 42.8 Å². The summed E-state index contributed by atoms with van der Waals surface area (Å²) in [6.45, 7) is 10.9. The number of carbonyl (C=O) groups is 2. The van der Waals surface area contributed by atoms with Gasteiger partial charge in [-0.3, -0.25) is 9.59 Å². The lowest BCUT2D eigenvalue weighted by atomic mass is 9.73. The van der Waals surface area contributed by atoms with Gasteiger partial charge in [-0.2, -0.15) is 0 Å². The van der Waals surface area contributed by atoms with Gasteiger partial charge in [0.1, 0.15) is 11.9 Å². The van der Waals surface area contributed by atoms with Crippen LogP contribution in [-0.4, -0.2) is 57.0 Å². The first-order valence-corrected chi connectivity index (χ1v) is 14.6. The van der Waals surface area contributed by atoms with E-state index in [1.807, 2.05) is 31.5 Å². The van der Waals surface area contributed by atoms with Crippen LogP contribution in [-0.2, 0) is 26.1 Å². The number of halogens is 2. The molecule has 1 aromatic heterocycles. The van der Waals surface area contributed by atoms with Crippen LogP contribution in [0.2, 0.25) is 0 Å². The van der Waals surface area contributed by atoms with Crippen LogP contribution in [0.5, 0.6) is 0 Å². The van der Waals surface area contributed by atoms with Crippen molar-refractivity contribution in [3.05, 3.63) is 20.6 Å². The number of cyclic esters (lactones) is 1. The van der Waals surface area contributed by atoms with Gasteiger partial charge in [-0.25, -0.2) is 9.55 Å². The minimum atomic E-state index is -1.24. The SMILES string of the molecule is CC(=Cc1[nH]c(Br)c(Br)[n+]1C)[C@@H]1C[C@@H]2O[C@]2(C)CCC[C@H](C)[C@H](O)[C@@H](C)C(=O)C(C)(C)[C@@H](O)CC(=O)O1.